The Morgan fingerprint density at radius 3 is 2.56 bits per heavy atom. The van der Waals surface area contributed by atoms with Gasteiger partial charge in [-0.3, -0.25) is 9.36 Å². The monoisotopic (exact) mass is 585 g/mol. The molecule has 6 nitrogen and oxygen atoms in total. The Morgan fingerprint density at radius 1 is 1.10 bits per heavy atom. The number of ether oxygens (including phenoxy) is 1. The largest absolute Gasteiger partial charge is 0.463 e. The number of nitrogens with zero attached hydrogens (tertiary/aromatic N) is 3. The number of allylic oxidation sites excluding steroid dienone is 1. The van der Waals surface area contributed by atoms with Crippen LogP contribution >= 0.6 is 22.9 Å². The van der Waals surface area contributed by atoms with E-state index in [4.69, 9.17) is 16.3 Å². The predicted molar refractivity (Wildman–Crippen MR) is 159 cm³/mol. The minimum atomic E-state index is -0.704. The molecule has 1 aliphatic heterocycles. The van der Waals surface area contributed by atoms with Crippen molar-refractivity contribution in [2.24, 2.45) is 4.99 Å². The SMILES string of the molecule is CCOC(=O)C1=C(C)N=c2s/c(=C/c3cn(Cc4ccc(F)cc4)c4ccccc34)c(=O)n2[C@H]1c1ccc(Cl)cc1. The molecule has 0 fully saturated rings. The fraction of sp³-hybridized carbons (Fsp3) is 0.156. The molecule has 41 heavy (non-hydrogen) atoms. The molecule has 0 saturated heterocycles. The van der Waals surface area contributed by atoms with Crippen LogP contribution in [0.4, 0.5) is 4.39 Å². The van der Waals surface area contributed by atoms with Gasteiger partial charge in [-0.15, -0.1) is 0 Å². The minimum absolute atomic E-state index is 0.204. The fourth-order valence-electron chi connectivity index (χ4n) is 5.20. The minimum Gasteiger partial charge on any atom is -0.463 e. The van der Waals surface area contributed by atoms with Gasteiger partial charge < -0.3 is 9.30 Å². The van der Waals surface area contributed by atoms with Crippen molar-refractivity contribution in [1.29, 1.82) is 0 Å². The Kier molecular flexibility index (Phi) is 7.19. The number of halogens is 2. The number of para-hydroxylation sites is 1. The van der Waals surface area contributed by atoms with Crippen molar-refractivity contribution in [2.45, 2.75) is 26.4 Å². The van der Waals surface area contributed by atoms with Crippen molar-refractivity contribution in [1.82, 2.24) is 9.13 Å². The summed E-state index contributed by atoms with van der Waals surface area (Å²) in [6, 6.07) is 20.8. The van der Waals surface area contributed by atoms with E-state index in [0.29, 0.717) is 32.2 Å². The number of hydrogen-bond donors (Lipinski definition) is 0. The topological polar surface area (TPSA) is 65.6 Å². The van der Waals surface area contributed by atoms with Gasteiger partial charge in [0.15, 0.2) is 4.80 Å². The highest BCUT2D eigenvalue weighted by Gasteiger charge is 2.33. The van der Waals surface area contributed by atoms with Crippen LogP contribution in [0.15, 0.2) is 100 Å². The molecule has 0 bridgehead atoms. The molecule has 0 saturated carbocycles. The summed E-state index contributed by atoms with van der Waals surface area (Å²) >= 11 is 7.43. The van der Waals surface area contributed by atoms with E-state index >= 15 is 0 Å². The first-order valence-corrected chi connectivity index (χ1v) is 14.3. The standard InChI is InChI=1S/C32H25ClFN3O3S/c1-3-40-31(39)28-19(2)35-32-37(29(28)21-10-12-23(33)13-11-21)30(38)27(41-32)16-22-18-36(26-7-5-4-6-25(22)26)17-20-8-14-24(34)15-9-20/h4-16,18,29H,3,17H2,1-2H3/b27-16+/t29-/m0/s1. The zero-order chi connectivity index (χ0) is 28.7. The van der Waals surface area contributed by atoms with Gasteiger partial charge in [-0.25, -0.2) is 14.2 Å². The van der Waals surface area contributed by atoms with Crippen LogP contribution in [0.1, 0.15) is 36.6 Å². The lowest BCUT2D eigenvalue weighted by atomic mass is 9.96. The highest BCUT2D eigenvalue weighted by atomic mass is 35.5. The number of benzene rings is 3. The van der Waals surface area contributed by atoms with Gasteiger partial charge in [-0.2, -0.15) is 0 Å². The maximum Gasteiger partial charge on any atom is 0.338 e. The molecule has 3 heterocycles. The summed E-state index contributed by atoms with van der Waals surface area (Å²) in [5.41, 5.74) is 4.14. The van der Waals surface area contributed by atoms with Gasteiger partial charge in [-0.05, 0) is 61.4 Å². The molecule has 2 aromatic heterocycles. The number of carbonyl (C=O) groups is 1. The van der Waals surface area contributed by atoms with Crippen molar-refractivity contribution in [3.63, 3.8) is 0 Å². The molecule has 3 aromatic carbocycles. The van der Waals surface area contributed by atoms with E-state index in [1.165, 1.54) is 23.5 Å². The number of aromatic nitrogens is 2. The van der Waals surface area contributed by atoms with Crippen LogP contribution in [0, 0.1) is 5.82 Å². The predicted octanol–water partition coefficient (Wildman–Crippen LogP) is 5.59. The van der Waals surface area contributed by atoms with Crippen molar-refractivity contribution in [2.75, 3.05) is 6.61 Å². The first-order valence-electron chi connectivity index (χ1n) is 13.1. The Morgan fingerprint density at radius 2 is 1.83 bits per heavy atom. The second-order valence-electron chi connectivity index (χ2n) is 9.71. The Balaban J connectivity index is 1.51. The molecule has 1 atom stereocenters. The second-order valence-corrected chi connectivity index (χ2v) is 11.2. The third-order valence-electron chi connectivity index (χ3n) is 7.07. The number of fused-ring (bicyclic) bond motifs is 2. The summed E-state index contributed by atoms with van der Waals surface area (Å²) in [6.07, 6.45) is 3.87. The molecule has 0 radical (unpaired) electrons. The van der Waals surface area contributed by atoms with E-state index in [0.717, 1.165) is 27.6 Å². The van der Waals surface area contributed by atoms with Crippen LogP contribution in [0.5, 0.6) is 0 Å². The number of thiazole rings is 1. The maximum absolute atomic E-state index is 14.0. The summed E-state index contributed by atoms with van der Waals surface area (Å²) in [5, 5.41) is 1.54. The highest BCUT2D eigenvalue weighted by molar-refractivity contribution is 7.07. The van der Waals surface area contributed by atoms with E-state index < -0.39 is 12.0 Å². The van der Waals surface area contributed by atoms with Crippen molar-refractivity contribution in [3.8, 4) is 0 Å². The van der Waals surface area contributed by atoms with Crippen molar-refractivity contribution < 1.29 is 13.9 Å². The lowest BCUT2D eigenvalue weighted by Crippen LogP contribution is -2.39. The first kappa shape index (κ1) is 26.9. The molecule has 0 amide bonds. The van der Waals surface area contributed by atoms with Gasteiger partial charge in [0, 0.05) is 34.2 Å². The summed E-state index contributed by atoms with van der Waals surface area (Å²) in [7, 11) is 0. The Hall–Kier alpha value is -4.27. The van der Waals surface area contributed by atoms with Gasteiger partial charge in [-0.1, -0.05) is 65.4 Å². The average Bonchev–Trinajstić information content (AvgIpc) is 3.46. The third-order valence-corrected chi connectivity index (χ3v) is 8.31. The summed E-state index contributed by atoms with van der Waals surface area (Å²) in [5.74, 6) is -0.785. The molecular formula is C32H25ClFN3O3S. The van der Waals surface area contributed by atoms with Crippen LogP contribution in [0.25, 0.3) is 17.0 Å². The van der Waals surface area contributed by atoms with Gasteiger partial charge >= 0.3 is 5.97 Å². The number of rotatable bonds is 6. The molecule has 0 aliphatic carbocycles. The molecule has 0 unspecified atom stereocenters. The Labute approximate surface area is 243 Å². The van der Waals surface area contributed by atoms with E-state index in [9.17, 15) is 14.0 Å². The van der Waals surface area contributed by atoms with Gasteiger partial charge in [0.05, 0.1) is 28.5 Å². The smallest absolute Gasteiger partial charge is 0.338 e. The second kappa shape index (κ2) is 11.0. The van der Waals surface area contributed by atoms with E-state index in [2.05, 4.69) is 9.56 Å². The first-order chi connectivity index (χ1) is 19.8. The van der Waals surface area contributed by atoms with Gasteiger partial charge in [0.1, 0.15) is 5.82 Å². The van der Waals surface area contributed by atoms with Crippen LogP contribution in [-0.2, 0) is 16.1 Å². The summed E-state index contributed by atoms with van der Waals surface area (Å²) < 4.78 is 23.0. The molecule has 6 rings (SSSR count). The van der Waals surface area contributed by atoms with E-state index in [1.807, 2.05) is 48.7 Å². The zero-order valence-electron chi connectivity index (χ0n) is 22.3. The number of hydrogen-bond acceptors (Lipinski definition) is 5. The summed E-state index contributed by atoms with van der Waals surface area (Å²) in [6.45, 7) is 4.26. The van der Waals surface area contributed by atoms with Gasteiger partial charge in [0.2, 0.25) is 0 Å². The molecule has 0 N–H and O–H groups in total. The van der Waals surface area contributed by atoms with E-state index in [-0.39, 0.29) is 18.0 Å². The lowest BCUT2D eigenvalue weighted by molar-refractivity contribution is -0.139. The van der Waals surface area contributed by atoms with E-state index in [1.54, 1.807) is 42.7 Å². The lowest BCUT2D eigenvalue weighted by Gasteiger charge is -2.24. The summed E-state index contributed by atoms with van der Waals surface area (Å²) in [4.78, 5) is 32.3. The van der Waals surface area contributed by atoms with Crippen LogP contribution in [-0.4, -0.2) is 21.7 Å². The Bertz CT molecular complexity index is 2000. The van der Waals surface area contributed by atoms with Crippen molar-refractivity contribution >= 4 is 45.9 Å². The zero-order valence-corrected chi connectivity index (χ0v) is 23.9. The quantitative estimate of drug-likeness (QED) is 0.244. The molecule has 1 aliphatic rings. The van der Waals surface area contributed by atoms with Crippen molar-refractivity contribution in [3.05, 3.63) is 137 Å². The molecular weight excluding hydrogens is 561 g/mol. The molecule has 0 spiro atoms. The van der Waals surface area contributed by atoms with Crippen LogP contribution in [0.2, 0.25) is 5.02 Å². The fourth-order valence-corrected chi connectivity index (χ4v) is 6.36. The molecule has 5 aromatic rings. The molecule has 206 valence electrons. The van der Waals surface area contributed by atoms with Crippen LogP contribution < -0.4 is 14.9 Å². The highest BCUT2D eigenvalue weighted by Crippen LogP contribution is 2.31. The number of carbonyl (C=O) groups excluding carboxylic acids is 1. The average molecular weight is 586 g/mol. The van der Waals surface area contributed by atoms with Gasteiger partial charge in [0.25, 0.3) is 5.56 Å². The normalized spacial score (nSPS) is 15.2. The van der Waals surface area contributed by atoms with Crippen LogP contribution in [0.3, 0.4) is 0 Å². The maximum atomic E-state index is 14.0. The molecule has 9 heteroatoms. The third kappa shape index (κ3) is 5.05. The number of esters is 1.